The first-order chi connectivity index (χ1) is 5.29. The molecule has 0 fully saturated rings. The minimum atomic E-state index is -0.742. The van der Waals surface area contributed by atoms with Crippen molar-refractivity contribution in [3.8, 4) is 0 Å². The lowest BCUT2D eigenvalue weighted by atomic mass is 10.3. The molecule has 1 aromatic rings. The Morgan fingerprint density at radius 2 is 1.91 bits per heavy atom. The van der Waals surface area contributed by atoms with Crippen LogP contribution in [-0.2, 0) is 11.2 Å². The predicted octanol–water partition coefficient (Wildman–Crippen LogP) is 1.70. The van der Waals surface area contributed by atoms with Crippen LogP contribution >= 0.6 is 0 Å². The molecule has 0 aliphatic rings. The van der Waals surface area contributed by atoms with Crippen LogP contribution < -0.4 is 0 Å². The molecular weight excluding hydrogens is 143 g/mol. The molecule has 2 nitrogen and oxygen atoms in total. The number of carboxylic acid groups (broad SMARTS) is 1. The third-order valence-corrected chi connectivity index (χ3v) is 1.47. The van der Waals surface area contributed by atoms with E-state index in [9.17, 15) is 4.79 Å². The highest BCUT2D eigenvalue weighted by atomic mass is 16.5. The van der Waals surface area contributed by atoms with E-state index in [1.54, 1.807) is 0 Å². The van der Waals surface area contributed by atoms with E-state index in [4.69, 9.17) is 5.11 Å². The number of rotatable bonds is 3. The zero-order valence-corrected chi connectivity index (χ0v) is 6.16. The molecule has 0 unspecified atom stereocenters. The van der Waals surface area contributed by atoms with Crippen molar-refractivity contribution in [1.82, 2.24) is 0 Å². The lowest BCUT2D eigenvalue weighted by Crippen LogP contribution is -1.96. The summed E-state index contributed by atoms with van der Waals surface area (Å²) in [6.07, 6.45) is 0.834. The molecule has 11 heavy (non-hydrogen) atoms. The van der Waals surface area contributed by atoms with Crippen LogP contribution in [0.4, 0.5) is 0 Å². The normalized spacial score (nSPS) is 9.45. The fraction of sp³-hybridized carbons (Fsp3) is 0.222. The Kier molecular flexibility index (Phi) is 2.66. The number of carbonyl (C=O) groups is 1. The van der Waals surface area contributed by atoms with Gasteiger partial charge in [-0.15, -0.1) is 0 Å². The van der Waals surface area contributed by atoms with Gasteiger partial charge < -0.3 is 5.11 Å². The minimum Gasteiger partial charge on any atom is -0.481 e. The van der Waals surface area contributed by atoms with Crippen LogP contribution in [0.5, 0.6) is 0 Å². The highest BCUT2D eigenvalue weighted by Gasteiger charge is 1.96. The Labute approximate surface area is 65.5 Å². The SMILES string of the molecule is O=[13C](O)[13CH2][13CH2]c1ccccc1. The van der Waals surface area contributed by atoms with E-state index in [0.717, 1.165) is 5.56 Å². The van der Waals surface area contributed by atoms with E-state index >= 15 is 0 Å². The number of hydrogen-bond acceptors (Lipinski definition) is 1. The van der Waals surface area contributed by atoms with Crippen molar-refractivity contribution in [2.24, 2.45) is 0 Å². The molecule has 0 spiro atoms. The van der Waals surface area contributed by atoms with Gasteiger partial charge in [-0.1, -0.05) is 30.3 Å². The average Bonchev–Trinajstić information content (AvgIpc) is 2.03. The van der Waals surface area contributed by atoms with Gasteiger partial charge in [0.1, 0.15) is 0 Å². The Hall–Kier alpha value is -1.31. The second-order valence-corrected chi connectivity index (χ2v) is 2.38. The number of aliphatic carboxylic acids is 1. The van der Waals surface area contributed by atoms with Crippen molar-refractivity contribution >= 4 is 5.97 Å². The first kappa shape index (κ1) is 7.79. The lowest BCUT2D eigenvalue weighted by Gasteiger charge is -1.95. The van der Waals surface area contributed by atoms with Gasteiger partial charge in [0.05, 0.1) is 0 Å². The Balaban J connectivity index is 2.45. The van der Waals surface area contributed by atoms with Gasteiger partial charge in [-0.3, -0.25) is 4.79 Å². The fourth-order valence-electron chi connectivity index (χ4n) is 0.896. The van der Waals surface area contributed by atoms with E-state index in [1.165, 1.54) is 0 Å². The molecule has 0 heterocycles. The summed E-state index contributed by atoms with van der Waals surface area (Å²) in [4.78, 5) is 10.2. The molecule has 0 atom stereocenters. The van der Waals surface area contributed by atoms with Crippen LogP contribution in [-0.4, -0.2) is 11.1 Å². The summed E-state index contributed by atoms with van der Waals surface area (Å²) in [6, 6.07) is 9.62. The van der Waals surface area contributed by atoms with Crippen molar-refractivity contribution in [1.29, 1.82) is 0 Å². The maximum Gasteiger partial charge on any atom is 0.303 e. The summed E-state index contributed by atoms with van der Waals surface area (Å²) >= 11 is 0. The molecule has 1 N–H and O–H groups in total. The summed E-state index contributed by atoms with van der Waals surface area (Å²) < 4.78 is 0. The van der Waals surface area contributed by atoms with Gasteiger partial charge in [-0.05, 0) is 12.0 Å². The third kappa shape index (κ3) is 2.85. The van der Waals surface area contributed by atoms with Gasteiger partial charge in [-0.25, -0.2) is 0 Å². The van der Waals surface area contributed by atoms with E-state index < -0.39 is 5.97 Å². The van der Waals surface area contributed by atoms with E-state index in [0.29, 0.717) is 6.42 Å². The monoisotopic (exact) mass is 153 g/mol. The van der Waals surface area contributed by atoms with E-state index in [-0.39, 0.29) is 6.42 Å². The Morgan fingerprint density at radius 1 is 1.27 bits per heavy atom. The van der Waals surface area contributed by atoms with Crippen molar-refractivity contribution in [2.75, 3.05) is 0 Å². The van der Waals surface area contributed by atoms with Crippen molar-refractivity contribution in [3.63, 3.8) is 0 Å². The molecule has 0 saturated carbocycles. The van der Waals surface area contributed by atoms with Crippen LogP contribution in [0.25, 0.3) is 0 Å². The Bertz CT molecular complexity index is 229. The van der Waals surface area contributed by atoms with Crippen molar-refractivity contribution in [3.05, 3.63) is 35.9 Å². The summed E-state index contributed by atoms with van der Waals surface area (Å²) in [5.41, 5.74) is 1.08. The molecule has 58 valence electrons. The molecule has 0 bridgehead atoms. The lowest BCUT2D eigenvalue weighted by molar-refractivity contribution is -0.136. The quantitative estimate of drug-likeness (QED) is 0.671. The van der Waals surface area contributed by atoms with Crippen LogP contribution in [0.2, 0.25) is 0 Å². The van der Waals surface area contributed by atoms with E-state index in [2.05, 4.69) is 0 Å². The molecule has 1 rings (SSSR count). The molecule has 0 aliphatic carbocycles. The Morgan fingerprint density at radius 3 is 2.45 bits per heavy atom. The fourth-order valence-corrected chi connectivity index (χ4v) is 0.896. The molecule has 0 saturated heterocycles. The van der Waals surface area contributed by atoms with E-state index in [1.807, 2.05) is 30.3 Å². The maximum atomic E-state index is 10.2. The minimum absolute atomic E-state index is 0.212. The average molecular weight is 153 g/mol. The molecule has 0 aromatic heterocycles. The molecule has 1 aromatic carbocycles. The smallest absolute Gasteiger partial charge is 0.303 e. The molecule has 0 aliphatic heterocycles. The second kappa shape index (κ2) is 3.76. The molecular formula is C9H10O2. The van der Waals surface area contributed by atoms with Crippen LogP contribution in [0.3, 0.4) is 0 Å². The zero-order chi connectivity index (χ0) is 8.10. The van der Waals surface area contributed by atoms with Crippen LogP contribution in [0.15, 0.2) is 30.3 Å². The van der Waals surface area contributed by atoms with Gasteiger partial charge >= 0.3 is 5.97 Å². The first-order valence-corrected chi connectivity index (χ1v) is 3.55. The third-order valence-electron chi connectivity index (χ3n) is 1.47. The highest BCUT2D eigenvalue weighted by Crippen LogP contribution is 2.01. The number of aryl methyl sites for hydroxylation is 1. The van der Waals surface area contributed by atoms with Gasteiger partial charge in [0.2, 0.25) is 0 Å². The van der Waals surface area contributed by atoms with Crippen molar-refractivity contribution < 1.29 is 9.90 Å². The standard InChI is InChI=1S/C9H10O2/c10-9(11)7-6-8-4-2-1-3-5-8/h1-5H,6-7H2,(H,10,11)/i6+1,7+1,9+1. The molecule has 0 amide bonds. The highest BCUT2D eigenvalue weighted by molar-refractivity contribution is 5.67. The zero-order valence-electron chi connectivity index (χ0n) is 6.16. The predicted molar refractivity (Wildman–Crippen MR) is 42.4 cm³/mol. The van der Waals surface area contributed by atoms with Crippen LogP contribution in [0, 0.1) is 0 Å². The molecule has 2 heteroatoms. The number of carboxylic acids is 1. The van der Waals surface area contributed by atoms with Gasteiger partial charge in [0.15, 0.2) is 0 Å². The van der Waals surface area contributed by atoms with Gasteiger partial charge in [0, 0.05) is 6.42 Å². The van der Waals surface area contributed by atoms with Gasteiger partial charge in [0.25, 0.3) is 0 Å². The summed E-state index contributed by atoms with van der Waals surface area (Å²) in [7, 11) is 0. The maximum absolute atomic E-state index is 10.2. The molecule has 0 radical (unpaired) electrons. The summed E-state index contributed by atoms with van der Waals surface area (Å²) in [6.45, 7) is 0. The number of benzene rings is 1. The second-order valence-electron chi connectivity index (χ2n) is 2.38. The summed E-state index contributed by atoms with van der Waals surface area (Å²) in [5, 5.41) is 8.37. The van der Waals surface area contributed by atoms with Gasteiger partial charge in [-0.2, -0.15) is 0 Å². The topological polar surface area (TPSA) is 37.3 Å². The summed E-state index contributed by atoms with van der Waals surface area (Å²) in [5.74, 6) is -0.742. The van der Waals surface area contributed by atoms with Crippen molar-refractivity contribution in [2.45, 2.75) is 12.8 Å². The first-order valence-electron chi connectivity index (χ1n) is 3.55. The number of hydrogen-bond donors (Lipinski definition) is 1. The largest absolute Gasteiger partial charge is 0.481 e. The van der Waals surface area contributed by atoms with Crippen LogP contribution in [0.1, 0.15) is 12.0 Å².